The van der Waals surface area contributed by atoms with E-state index in [0.29, 0.717) is 43.1 Å². The van der Waals surface area contributed by atoms with Crippen molar-refractivity contribution in [2.24, 2.45) is 4.99 Å². The van der Waals surface area contributed by atoms with Gasteiger partial charge in [-0.3, -0.25) is 4.99 Å². The van der Waals surface area contributed by atoms with Gasteiger partial charge in [0, 0.05) is 31.1 Å². The second-order valence-corrected chi connectivity index (χ2v) is 9.62. The van der Waals surface area contributed by atoms with E-state index in [0.717, 1.165) is 10.8 Å². The molecule has 1 aromatic heterocycles. The van der Waals surface area contributed by atoms with Crippen LogP contribution in [0.2, 0.25) is 0 Å². The van der Waals surface area contributed by atoms with E-state index in [1.807, 2.05) is 6.07 Å². The molecule has 0 unspecified atom stereocenters. The average Bonchev–Trinajstić information content (AvgIpc) is 3.31. The second-order valence-electron chi connectivity index (χ2n) is 6.29. The van der Waals surface area contributed by atoms with Gasteiger partial charge in [-0.05, 0) is 25.0 Å². The summed E-state index contributed by atoms with van der Waals surface area (Å²) in [7, 11) is -1.65. The van der Waals surface area contributed by atoms with E-state index in [-0.39, 0.29) is 0 Å². The third-order valence-electron chi connectivity index (χ3n) is 4.55. The Balaban J connectivity index is 1.57. The second kappa shape index (κ2) is 8.48. The van der Waals surface area contributed by atoms with E-state index >= 15 is 0 Å². The van der Waals surface area contributed by atoms with Crippen molar-refractivity contribution in [3.05, 3.63) is 17.0 Å². The van der Waals surface area contributed by atoms with Gasteiger partial charge >= 0.3 is 0 Å². The fourth-order valence-electron chi connectivity index (χ4n) is 3.14. The van der Waals surface area contributed by atoms with Gasteiger partial charge in [-0.25, -0.2) is 8.42 Å². The number of hydrogen-bond donors (Lipinski definition) is 2. The Hall–Kier alpha value is -1.16. The zero-order chi connectivity index (χ0) is 17.7. The number of morpholine rings is 1. The molecule has 1 aromatic rings. The summed E-state index contributed by atoms with van der Waals surface area (Å²) in [6, 6.07) is 4.06. The lowest BCUT2D eigenvalue weighted by Gasteiger charge is -2.25. The number of guanidine groups is 1. The highest BCUT2D eigenvalue weighted by atomic mass is 32.2. The van der Waals surface area contributed by atoms with Crippen LogP contribution in [0.1, 0.15) is 30.6 Å². The van der Waals surface area contributed by atoms with Gasteiger partial charge in [0.1, 0.15) is 4.21 Å². The Kier molecular flexibility index (Phi) is 6.32. The Morgan fingerprint density at radius 1 is 1.32 bits per heavy atom. The number of rotatable bonds is 5. The molecule has 1 aliphatic heterocycles. The third kappa shape index (κ3) is 4.72. The summed E-state index contributed by atoms with van der Waals surface area (Å²) in [4.78, 5) is 5.23. The highest BCUT2D eigenvalue weighted by molar-refractivity contribution is 7.91. The molecule has 140 valence electrons. The third-order valence-corrected chi connectivity index (χ3v) is 8.00. The van der Waals surface area contributed by atoms with Crippen molar-refractivity contribution in [2.45, 2.75) is 42.5 Å². The van der Waals surface area contributed by atoms with Crippen molar-refractivity contribution in [1.29, 1.82) is 0 Å². The number of nitrogens with one attached hydrogen (secondary N) is 2. The number of hydrogen-bond acceptors (Lipinski definition) is 5. The highest BCUT2D eigenvalue weighted by Crippen LogP contribution is 2.25. The lowest BCUT2D eigenvalue weighted by molar-refractivity contribution is 0.0731. The maximum absolute atomic E-state index is 12.6. The van der Waals surface area contributed by atoms with Gasteiger partial charge in [0.15, 0.2) is 5.96 Å². The Morgan fingerprint density at radius 2 is 2.04 bits per heavy atom. The van der Waals surface area contributed by atoms with E-state index in [9.17, 15) is 8.42 Å². The zero-order valence-corrected chi connectivity index (χ0v) is 16.2. The first-order valence-corrected chi connectivity index (χ1v) is 11.0. The summed E-state index contributed by atoms with van der Waals surface area (Å²) in [5.74, 6) is 0.776. The predicted molar refractivity (Wildman–Crippen MR) is 99.5 cm³/mol. The number of ether oxygens (including phenoxy) is 1. The molecule has 0 bridgehead atoms. The van der Waals surface area contributed by atoms with Gasteiger partial charge in [0.25, 0.3) is 10.0 Å². The summed E-state index contributed by atoms with van der Waals surface area (Å²) >= 11 is 1.31. The molecular weight excluding hydrogens is 360 g/mol. The summed E-state index contributed by atoms with van der Waals surface area (Å²) in [6.45, 7) is 2.33. The van der Waals surface area contributed by atoms with Gasteiger partial charge in [0.2, 0.25) is 0 Å². The molecule has 0 aromatic carbocycles. The number of sulfonamides is 1. The molecule has 0 atom stereocenters. The minimum atomic E-state index is -3.41. The van der Waals surface area contributed by atoms with E-state index in [4.69, 9.17) is 4.74 Å². The van der Waals surface area contributed by atoms with Crippen molar-refractivity contribution in [3.8, 4) is 0 Å². The minimum Gasteiger partial charge on any atom is -0.379 e. The van der Waals surface area contributed by atoms with Crippen LogP contribution >= 0.6 is 11.3 Å². The van der Waals surface area contributed by atoms with Crippen molar-refractivity contribution in [2.75, 3.05) is 33.4 Å². The van der Waals surface area contributed by atoms with Crippen molar-refractivity contribution < 1.29 is 13.2 Å². The molecule has 1 saturated carbocycles. The van der Waals surface area contributed by atoms with Crippen LogP contribution in [-0.4, -0.2) is 58.1 Å². The molecule has 25 heavy (non-hydrogen) atoms. The molecule has 1 aliphatic carbocycles. The summed E-state index contributed by atoms with van der Waals surface area (Å²) < 4.78 is 32.4. The molecule has 7 nitrogen and oxygen atoms in total. The quantitative estimate of drug-likeness (QED) is 0.590. The largest absolute Gasteiger partial charge is 0.379 e. The molecule has 2 N–H and O–H groups in total. The van der Waals surface area contributed by atoms with E-state index in [1.54, 1.807) is 13.1 Å². The fourth-order valence-corrected chi connectivity index (χ4v) is 5.99. The Morgan fingerprint density at radius 3 is 2.72 bits per heavy atom. The molecule has 2 aliphatic rings. The van der Waals surface area contributed by atoms with Crippen molar-refractivity contribution >= 4 is 27.3 Å². The fraction of sp³-hybridized carbons (Fsp3) is 0.688. The highest BCUT2D eigenvalue weighted by Gasteiger charge is 2.27. The topological polar surface area (TPSA) is 83.0 Å². The normalized spacial score (nSPS) is 20.8. The zero-order valence-electron chi connectivity index (χ0n) is 14.5. The van der Waals surface area contributed by atoms with Gasteiger partial charge in [-0.15, -0.1) is 11.3 Å². The van der Waals surface area contributed by atoms with Crippen molar-refractivity contribution in [1.82, 2.24) is 14.9 Å². The van der Waals surface area contributed by atoms with Crippen LogP contribution in [0.15, 0.2) is 21.3 Å². The standard InChI is InChI=1S/C16H26N4O3S2/c1-17-16(19-13-4-2-3-5-13)18-12-14-6-7-15(24-14)25(21,22)20-8-10-23-11-9-20/h6-7,13H,2-5,8-12H2,1H3,(H2,17,18,19). The van der Waals surface area contributed by atoms with Crippen LogP contribution in [0, 0.1) is 0 Å². The Labute approximate surface area is 153 Å². The van der Waals surface area contributed by atoms with Crippen LogP contribution in [-0.2, 0) is 21.3 Å². The molecule has 0 amide bonds. The van der Waals surface area contributed by atoms with Gasteiger partial charge in [-0.2, -0.15) is 4.31 Å². The summed E-state index contributed by atoms with van der Waals surface area (Å²) in [6.07, 6.45) is 4.90. The molecule has 0 spiro atoms. The molecular formula is C16H26N4O3S2. The number of aliphatic imine (C=N–C) groups is 1. The van der Waals surface area contributed by atoms with E-state index < -0.39 is 10.0 Å². The molecule has 0 radical (unpaired) electrons. The predicted octanol–water partition coefficient (Wildman–Crippen LogP) is 1.38. The average molecular weight is 387 g/mol. The van der Waals surface area contributed by atoms with Gasteiger partial charge < -0.3 is 15.4 Å². The minimum absolute atomic E-state index is 0.393. The first kappa shape index (κ1) is 18.6. The van der Waals surface area contributed by atoms with Gasteiger partial charge in [0.05, 0.1) is 19.8 Å². The van der Waals surface area contributed by atoms with Crippen LogP contribution < -0.4 is 10.6 Å². The van der Waals surface area contributed by atoms with Gasteiger partial charge in [-0.1, -0.05) is 12.8 Å². The van der Waals surface area contributed by atoms with Crippen LogP contribution in [0.3, 0.4) is 0 Å². The van der Waals surface area contributed by atoms with Crippen LogP contribution in [0.25, 0.3) is 0 Å². The number of thiophene rings is 1. The first-order chi connectivity index (χ1) is 12.1. The summed E-state index contributed by atoms with van der Waals surface area (Å²) in [5.41, 5.74) is 0. The lowest BCUT2D eigenvalue weighted by Crippen LogP contribution is -2.41. The SMILES string of the molecule is CN=C(NCc1ccc(S(=O)(=O)N2CCOCC2)s1)NC1CCCC1. The van der Waals surface area contributed by atoms with E-state index in [2.05, 4.69) is 15.6 Å². The summed E-state index contributed by atoms with van der Waals surface area (Å²) in [5, 5.41) is 6.71. The molecule has 1 saturated heterocycles. The smallest absolute Gasteiger partial charge is 0.252 e. The van der Waals surface area contributed by atoms with Crippen molar-refractivity contribution in [3.63, 3.8) is 0 Å². The maximum atomic E-state index is 12.6. The number of nitrogens with zero attached hydrogens (tertiary/aromatic N) is 2. The molecule has 2 heterocycles. The Bertz CT molecular complexity index is 690. The van der Waals surface area contributed by atoms with Crippen LogP contribution in [0.5, 0.6) is 0 Å². The van der Waals surface area contributed by atoms with E-state index in [1.165, 1.54) is 41.3 Å². The van der Waals surface area contributed by atoms with Crippen LogP contribution in [0.4, 0.5) is 0 Å². The molecule has 9 heteroatoms. The first-order valence-electron chi connectivity index (χ1n) is 8.73. The molecule has 2 fully saturated rings. The maximum Gasteiger partial charge on any atom is 0.252 e. The lowest BCUT2D eigenvalue weighted by atomic mass is 10.2. The monoisotopic (exact) mass is 386 g/mol. The molecule has 3 rings (SSSR count).